The first kappa shape index (κ1) is 13.1. The summed E-state index contributed by atoms with van der Waals surface area (Å²) in [6.45, 7) is 4.08. The molecule has 3 N–H and O–H groups in total. The van der Waals surface area contributed by atoms with Crippen LogP contribution in [0, 0.1) is 5.92 Å². The number of benzene rings is 1. The SMILES string of the molecule is C[C@@H](C(N)=O)[NH+]1CCC(Cc2ccccc2)CC1. The third-order valence-corrected chi connectivity index (χ3v) is 4.15. The average Bonchev–Trinajstić information content (AvgIpc) is 2.40. The standard InChI is InChI=1S/C15H22N2O/c1-12(15(16)18)17-9-7-14(8-10-17)11-13-5-3-2-4-6-13/h2-6,12,14H,7-11H2,1H3,(H2,16,18)/p+1/t12-/m0/s1. The molecule has 3 heteroatoms. The van der Waals surface area contributed by atoms with Gasteiger partial charge in [-0.15, -0.1) is 0 Å². The molecule has 0 spiro atoms. The van der Waals surface area contributed by atoms with Crippen LogP contribution in [0.5, 0.6) is 0 Å². The number of amides is 1. The lowest BCUT2D eigenvalue weighted by molar-refractivity contribution is -0.920. The van der Waals surface area contributed by atoms with Gasteiger partial charge in [0.05, 0.1) is 13.1 Å². The fourth-order valence-corrected chi connectivity index (χ4v) is 2.83. The Bertz CT molecular complexity index is 383. The van der Waals surface area contributed by atoms with Gasteiger partial charge in [0.25, 0.3) is 5.91 Å². The first-order chi connectivity index (χ1) is 8.66. The van der Waals surface area contributed by atoms with E-state index in [2.05, 4.69) is 30.3 Å². The maximum Gasteiger partial charge on any atom is 0.275 e. The second-order valence-electron chi connectivity index (χ2n) is 5.42. The van der Waals surface area contributed by atoms with Crippen molar-refractivity contribution in [2.45, 2.75) is 32.2 Å². The van der Waals surface area contributed by atoms with E-state index in [0.717, 1.165) is 19.0 Å². The van der Waals surface area contributed by atoms with E-state index >= 15 is 0 Å². The van der Waals surface area contributed by atoms with Gasteiger partial charge in [0, 0.05) is 0 Å². The first-order valence-corrected chi connectivity index (χ1v) is 6.84. The van der Waals surface area contributed by atoms with Crippen molar-refractivity contribution in [1.29, 1.82) is 0 Å². The number of carbonyl (C=O) groups is 1. The molecule has 1 aliphatic heterocycles. The highest BCUT2D eigenvalue weighted by Gasteiger charge is 2.28. The molecule has 1 aromatic rings. The van der Waals surface area contributed by atoms with Crippen molar-refractivity contribution >= 4 is 5.91 Å². The maximum atomic E-state index is 11.2. The minimum absolute atomic E-state index is 0.0392. The van der Waals surface area contributed by atoms with E-state index in [1.807, 2.05) is 6.92 Å². The van der Waals surface area contributed by atoms with Gasteiger partial charge in [-0.3, -0.25) is 4.79 Å². The quantitative estimate of drug-likeness (QED) is 0.795. The Morgan fingerprint density at radius 3 is 2.50 bits per heavy atom. The predicted molar refractivity (Wildman–Crippen MR) is 72.2 cm³/mol. The van der Waals surface area contributed by atoms with E-state index in [1.54, 1.807) is 0 Å². The first-order valence-electron chi connectivity index (χ1n) is 6.84. The highest BCUT2D eigenvalue weighted by atomic mass is 16.1. The van der Waals surface area contributed by atoms with E-state index in [0.29, 0.717) is 0 Å². The van der Waals surface area contributed by atoms with Crippen molar-refractivity contribution in [2.24, 2.45) is 11.7 Å². The molecule has 1 atom stereocenters. The monoisotopic (exact) mass is 247 g/mol. The van der Waals surface area contributed by atoms with Crippen molar-refractivity contribution in [2.75, 3.05) is 13.1 Å². The minimum atomic E-state index is -0.175. The zero-order valence-corrected chi connectivity index (χ0v) is 11.1. The molecule has 2 rings (SSSR count). The lowest BCUT2D eigenvalue weighted by Gasteiger charge is -2.32. The Balaban J connectivity index is 1.82. The van der Waals surface area contributed by atoms with E-state index < -0.39 is 0 Å². The third kappa shape index (κ3) is 3.33. The largest absolute Gasteiger partial charge is 0.365 e. The van der Waals surface area contributed by atoms with E-state index in [-0.39, 0.29) is 11.9 Å². The van der Waals surface area contributed by atoms with Crippen LogP contribution in [0.2, 0.25) is 0 Å². The molecular weight excluding hydrogens is 224 g/mol. The number of hydrogen-bond donors (Lipinski definition) is 2. The molecule has 1 aliphatic rings. The van der Waals surface area contributed by atoms with Crippen molar-refractivity contribution in [3.05, 3.63) is 35.9 Å². The van der Waals surface area contributed by atoms with Crippen LogP contribution in [-0.2, 0) is 11.2 Å². The van der Waals surface area contributed by atoms with Gasteiger partial charge in [-0.2, -0.15) is 0 Å². The van der Waals surface area contributed by atoms with Crippen LogP contribution in [0.4, 0.5) is 0 Å². The van der Waals surface area contributed by atoms with Crippen LogP contribution in [0.15, 0.2) is 30.3 Å². The summed E-state index contributed by atoms with van der Waals surface area (Å²) in [6, 6.07) is 10.6. The van der Waals surface area contributed by atoms with Crippen LogP contribution < -0.4 is 10.6 Å². The molecule has 3 nitrogen and oxygen atoms in total. The van der Waals surface area contributed by atoms with Crippen LogP contribution in [-0.4, -0.2) is 25.0 Å². The highest BCUT2D eigenvalue weighted by molar-refractivity contribution is 5.77. The summed E-state index contributed by atoms with van der Waals surface area (Å²) in [5.41, 5.74) is 6.79. The van der Waals surface area contributed by atoms with Crippen molar-refractivity contribution in [3.63, 3.8) is 0 Å². The molecule has 98 valence electrons. The molecule has 18 heavy (non-hydrogen) atoms. The Morgan fingerprint density at radius 2 is 1.94 bits per heavy atom. The highest BCUT2D eigenvalue weighted by Crippen LogP contribution is 2.16. The minimum Gasteiger partial charge on any atom is -0.365 e. The second kappa shape index (κ2) is 6.01. The van der Waals surface area contributed by atoms with Gasteiger partial charge in [-0.05, 0) is 37.7 Å². The number of likely N-dealkylation sites (tertiary alicyclic amines) is 1. The molecule has 0 bridgehead atoms. The van der Waals surface area contributed by atoms with Gasteiger partial charge >= 0.3 is 0 Å². The summed E-state index contributed by atoms with van der Waals surface area (Å²) in [6.07, 6.45) is 3.56. The van der Waals surface area contributed by atoms with Crippen molar-refractivity contribution in [1.82, 2.24) is 0 Å². The fraction of sp³-hybridized carbons (Fsp3) is 0.533. The normalized spacial score (nSPS) is 25.6. The molecule has 1 aromatic carbocycles. The lowest BCUT2D eigenvalue weighted by atomic mass is 9.89. The summed E-state index contributed by atoms with van der Waals surface area (Å²) < 4.78 is 0. The number of nitrogens with one attached hydrogen (secondary N) is 1. The zero-order chi connectivity index (χ0) is 13.0. The number of piperidine rings is 1. The van der Waals surface area contributed by atoms with Crippen LogP contribution >= 0.6 is 0 Å². The predicted octanol–water partition coefficient (Wildman–Crippen LogP) is 0.398. The summed E-state index contributed by atoms with van der Waals surface area (Å²) in [5.74, 6) is 0.586. The van der Waals surface area contributed by atoms with Gasteiger partial charge in [0.1, 0.15) is 0 Å². The molecule has 0 saturated carbocycles. The summed E-state index contributed by atoms with van der Waals surface area (Å²) >= 11 is 0. The molecule has 0 aromatic heterocycles. The van der Waals surface area contributed by atoms with Crippen LogP contribution in [0.25, 0.3) is 0 Å². The molecule has 0 radical (unpaired) electrons. The number of quaternary nitrogens is 1. The average molecular weight is 247 g/mol. The number of carbonyl (C=O) groups excluding carboxylic acids is 1. The number of hydrogen-bond acceptors (Lipinski definition) is 1. The van der Waals surface area contributed by atoms with Gasteiger partial charge in [0.2, 0.25) is 0 Å². The number of nitrogens with two attached hydrogens (primary N) is 1. The van der Waals surface area contributed by atoms with Gasteiger partial charge in [-0.25, -0.2) is 0 Å². The molecule has 0 aliphatic carbocycles. The van der Waals surface area contributed by atoms with Gasteiger partial charge in [0.15, 0.2) is 6.04 Å². The van der Waals surface area contributed by atoms with Crippen molar-refractivity contribution < 1.29 is 9.69 Å². The maximum absolute atomic E-state index is 11.2. The van der Waals surface area contributed by atoms with E-state index in [4.69, 9.17) is 5.73 Å². The fourth-order valence-electron chi connectivity index (χ4n) is 2.83. The van der Waals surface area contributed by atoms with Crippen LogP contribution in [0.3, 0.4) is 0 Å². The topological polar surface area (TPSA) is 47.5 Å². The molecule has 1 fully saturated rings. The Labute approximate surface area is 109 Å². The van der Waals surface area contributed by atoms with Gasteiger partial charge < -0.3 is 10.6 Å². The lowest BCUT2D eigenvalue weighted by Crippen LogP contribution is -3.17. The van der Waals surface area contributed by atoms with Crippen molar-refractivity contribution in [3.8, 4) is 0 Å². The molecule has 1 amide bonds. The summed E-state index contributed by atoms with van der Waals surface area (Å²) in [5, 5.41) is 0. The number of primary amides is 1. The summed E-state index contributed by atoms with van der Waals surface area (Å²) in [7, 11) is 0. The third-order valence-electron chi connectivity index (χ3n) is 4.15. The van der Waals surface area contributed by atoms with E-state index in [9.17, 15) is 4.79 Å². The number of rotatable bonds is 4. The van der Waals surface area contributed by atoms with Crippen LogP contribution in [0.1, 0.15) is 25.3 Å². The Kier molecular flexibility index (Phi) is 4.37. The smallest absolute Gasteiger partial charge is 0.275 e. The molecular formula is C15H23N2O+. The zero-order valence-electron chi connectivity index (χ0n) is 11.1. The van der Waals surface area contributed by atoms with Gasteiger partial charge in [-0.1, -0.05) is 30.3 Å². The molecule has 1 heterocycles. The molecule has 0 unspecified atom stereocenters. The second-order valence-corrected chi connectivity index (χ2v) is 5.42. The molecule has 1 saturated heterocycles. The summed E-state index contributed by atoms with van der Waals surface area (Å²) in [4.78, 5) is 12.5. The Morgan fingerprint density at radius 1 is 1.33 bits per heavy atom. The van der Waals surface area contributed by atoms with E-state index in [1.165, 1.54) is 29.7 Å². The Hall–Kier alpha value is -1.35.